The van der Waals surface area contributed by atoms with Crippen LogP contribution in [0.3, 0.4) is 0 Å². The Bertz CT molecular complexity index is 1160. The van der Waals surface area contributed by atoms with Gasteiger partial charge in [-0.1, -0.05) is 35.5 Å². The molecule has 2 N–H and O–H groups in total. The predicted molar refractivity (Wildman–Crippen MR) is 117 cm³/mol. The lowest BCUT2D eigenvalue weighted by atomic mass is 10.1. The highest BCUT2D eigenvalue weighted by Crippen LogP contribution is 2.26. The average Bonchev–Trinajstić information content (AvgIpc) is 3.28. The third-order valence-corrected chi connectivity index (χ3v) is 4.62. The second kappa shape index (κ2) is 10.2. The molecule has 0 saturated heterocycles. The summed E-state index contributed by atoms with van der Waals surface area (Å²) in [4.78, 5) is 18.9. The van der Waals surface area contributed by atoms with Gasteiger partial charge in [0, 0.05) is 24.8 Å². The largest absolute Gasteiger partial charge is 0.504 e. The van der Waals surface area contributed by atoms with Gasteiger partial charge in [-0.2, -0.15) is 10.1 Å². The SMILES string of the molecule is CCOC(=O)Nc1[nH+]cccc1-c1cc(Cc2ccc(COc3ccccn3)cc2)no1. The Hall–Kier alpha value is -4.20. The molecule has 1 aromatic carbocycles. The number of benzene rings is 1. The number of aromatic amines is 1. The molecule has 8 heteroatoms. The van der Waals surface area contributed by atoms with Crippen molar-refractivity contribution in [2.75, 3.05) is 11.9 Å². The number of amides is 1. The minimum absolute atomic E-state index is 0.286. The number of H-pyrrole nitrogens is 1. The number of carbonyl (C=O) groups is 1. The van der Waals surface area contributed by atoms with Gasteiger partial charge in [-0.15, -0.1) is 0 Å². The number of nitrogens with one attached hydrogen (secondary N) is 2. The number of hydrogen-bond donors (Lipinski definition) is 1. The molecule has 0 atom stereocenters. The van der Waals surface area contributed by atoms with Gasteiger partial charge in [0.2, 0.25) is 5.88 Å². The fourth-order valence-electron chi connectivity index (χ4n) is 3.09. The number of hydrogen-bond acceptors (Lipinski definition) is 6. The minimum Gasteiger partial charge on any atom is -0.473 e. The lowest BCUT2D eigenvalue weighted by Crippen LogP contribution is -2.20. The molecule has 4 rings (SSSR count). The van der Waals surface area contributed by atoms with Crippen molar-refractivity contribution in [3.63, 3.8) is 0 Å². The normalized spacial score (nSPS) is 10.5. The molecule has 32 heavy (non-hydrogen) atoms. The molecule has 0 aliphatic carbocycles. The first-order chi connectivity index (χ1) is 15.7. The van der Waals surface area contributed by atoms with Crippen molar-refractivity contribution < 1.29 is 23.8 Å². The van der Waals surface area contributed by atoms with E-state index in [2.05, 4.69) is 20.4 Å². The van der Waals surface area contributed by atoms with E-state index >= 15 is 0 Å². The van der Waals surface area contributed by atoms with Gasteiger partial charge < -0.3 is 14.0 Å². The molecule has 1 amide bonds. The molecule has 0 saturated carbocycles. The Morgan fingerprint density at radius 2 is 1.94 bits per heavy atom. The van der Waals surface area contributed by atoms with Crippen LogP contribution in [0.5, 0.6) is 5.88 Å². The molecular weight excluding hydrogens is 408 g/mol. The number of rotatable bonds is 8. The van der Waals surface area contributed by atoms with E-state index in [1.54, 1.807) is 19.3 Å². The van der Waals surface area contributed by atoms with Crippen molar-refractivity contribution in [3.8, 4) is 17.2 Å². The van der Waals surface area contributed by atoms with Crippen LogP contribution in [0.15, 0.2) is 77.6 Å². The fourth-order valence-corrected chi connectivity index (χ4v) is 3.09. The zero-order valence-corrected chi connectivity index (χ0v) is 17.6. The summed E-state index contributed by atoms with van der Waals surface area (Å²) < 4.78 is 16.1. The van der Waals surface area contributed by atoms with Crippen LogP contribution < -0.4 is 15.0 Å². The van der Waals surface area contributed by atoms with Gasteiger partial charge in [-0.25, -0.2) is 9.97 Å². The molecule has 4 aromatic rings. The quantitative estimate of drug-likeness (QED) is 0.447. The van der Waals surface area contributed by atoms with Crippen molar-refractivity contribution in [2.45, 2.75) is 20.0 Å². The van der Waals surface area contributed by atoms with E-state index in [9.17, 15) is 4.79 Å². The van der Waals surface area contributed by atoms with Gasteiger partial charge in [0.05, 0.1) is 18.5 Å². The number of anilines is 1. The molecule has 3 aromatic heterocycles. The lowest BCUT2D eigenvalue weighted by molar-refractivity contribution is -0.360. The molecule has 0 aliphatic rings. The van der Waals surface area contributed by atoms with E-state index in [1.807, 2.05) is 60.7 Å². The van der Waals surface area contributed by atoms with E-state index in [0.717, 1.165) is 16.8 Å². The maximum Gasteiger partial charge on any atom is 0.504 e. The second-order valence-electron chi connectivity index (χ2n) is 6.94. The molecule has 0 spiro atoms. The van der Waals surface area contributed by atoms with Crippen molar-refractivity contribution in [1.29, 1.82) is 0 Å². The molecule has 0 unspecified atom stereocenters. The number of aromatic nitrogens is 3. The maximum atomic E-state index is 11.8. The summed E-state index contributed by atoms with van der Waals surface area (Å²) in [6.45, 7) is 2.48. The summed E-state index contributed by atoms with van der Waals surface area (Å²) in [5.74, 6) is 1.62. The van der Waals surface area contributed by atoms with E-state index in [4.69, 9.17) is 14.0 Å². The van der Waals surface area contributed by atoms with Crippen LogP contribution >= 0.6 is 0 Å². The van der Waals surface area contributed by atoms with Gasteiger partial charge >= 0.3 is 6.09 Å². The van der Waals surface area contributed by atoms with E-state index in [-0.39, 0.29) is 6.61 Å². The molecule has 8 nitrogen and oxygen atoms in total. The third-order valence-electron chi connectivity index (χ3n) is 4.62. The maximum absolute atomic E-state index is 11.8. The number of nitrogens with zero attached hydrogens (tertiary/aromatic N) is 2. The van der Waals surface area contributed by atoms with Crippen molar-refractivity contribution >= 4 is 11.9 Å². The third kappa shape index (κ3) is 5.48. The van der Waals surface area contributed by atoms with Gasteiger partial charge in [-0.3, -0.25) is 0 Å². The molecule has 0 fully saturated rings. The minimum atomic E-state index is -0.539. The van der Waals surface area contributed by atoms with Crippen molar-refractivity contribution in [3.05, 3.63) is 89.9 Å². The number of carbonyl (C=O) groups excluding carboxylic acids is 1. The Labute approximate surface area is 185 Å². The van der Waals surface area contributed by atoms with E-state index in [0.29, 0.717) is 36.0 Å². The van der Waals surface area contributed by atoms with Crippen molar-refractivity contribution in [2.24, 2.45) is 0 Å². The molecule has 0 bridgehead atoms. The molecule has 0 radical (unpaired) electrons. The zero-order chi connectivity index (χ0) is 22.2. The summed E-state index contributed by atoms with van der Waals surface area (Å²) in [5, 5.41) is 6.86. The Balaban J connectivity index is 1.40. The zero-order valence-electron chi connectivity index (χ0n) is 17.6. The van der Waals surface area contributed by atoms with Crippen LogP contribution in [0.25, 0.3) is 11.3 Å². The summed E-state index contributed by atoms with van der Waals surface area (Å²) in [5.41, 5.74) is 3.61. The summed E-state index contributed by atoms with van der Waals surface area (Å²) >= 11 is 0. The predicted octanol–water partition coefficient (Wildman–Crippen LogP) is 4.29. The summed E-state index contributed by atoms with van der Waals surface area (Å²) in [6, 6.07) is 19.2. The first-order valence-electron chi connectivity index (χ1n) is 10.2. The van der Waals surface area contributed by atoms with Crippen LogP contribution in [0.4, 0.5) is 10.6 Å². The van der Waals surface area contributed by atoms with Gasteiger partial charge in [0.1, 0.15) is 12.2 Å². The highest BCUT2D eigenvalue weighted by molar-refractivity contribution is 5.87. The molecular formula is C24H23N4O4+. The highest BCUT2D eigenvalue weighted by atomic mass is 16.5. The monoisotopic (exact) mass is 431 g/mol. The average molecular weight is 431 g/mol. The number of pyridine rings is 2. The van der Waals surface area contributed by atoms with Crippen molar-refractivity contribution in [1.82, 2.24) is 10.1 Å². The second-order valence-corrected chi connectivity index (χ2v) is 6.94. The molecule has 162 valence electrons. The number of ether oxygens (including phenoxy) is 2. The first-order valence-corrected chi connectivity index (χ1v) is 10.2. The topological polar surface area (TPSA) is 101 Å². The van der Waals surface area contributed by atoms with Crippen LogP contribution in [-0.4, -0.2) is 22.8 Å². The standard InChI is InChI=1S/C24H22N4O4/c1-2-30-24(29)27-23-20(6-5-13-26-23)21-15-19(28-32-21)14-17-8-10-18(11-9-17)16-31-22-7-3-4-12-25-22/h3-13,15H,2,14,16H2,1H3,(H,26,27,29)/p+1. The van der Waals surface area contributed by atoms with E-state index < -0.39 is 6.09 Å². The lowest BCUT2D eigenvalue weighted by Gasteiger charge is -2.05. The van der Waals surface area contributed by atoms with Gasteiger partial charge in [-0.05, 0) is 36.2 Å². The fraction of sp³-hybridized carbons (Fsp3) is 0.167. The van der Waals surface area contributed by atoms with Gasteiger partial charge in [0.15, 0.2) is 5.76 Å². The summed E-state index contributed by atoms with van der Waals surface area (Å²) in [6.07, 6.45) is 3.49. The van der Waals surface area contributed by atoms with Crippen LogP contribution in [0.2, 0.25) is 0 Å². The van der Waals surface area contributed by atoms with Crippen LogP contribution in [0, 0.1) is 0 Å². The highest BCUT2D eigenvalue weighted by Gasteiger charge is 2.20. The molecule has 3 heterocycles. The molecule has 0 aliphatic heterocycles. The Morgan fingerprint density at radius 1 is 1.09 bits per heavy atom. The first kappa shape index (κ1) is 21.0. The summed E-state index contributed by atoms with van der Waals surface area (Å²) in [7, 11) is 0. The van der Waals surface area contributed by atoms with E-state index in [1.165, 1.54) is 0 Å². The Kier molecular flexibility index (Phi) is 6.72. The van der Waals surface area contributed by atoms with Gasteiger partial charge in [0.25, 0.3) is 5.82 Å². The Morgan fingerprint density at radius 3 is 2.72 bits per heavy atom. The van der Waals surface area contributed by atoms with Crippen LogP contribution in [-0.2, 0) is 17.8 Å². The smallest absolute Gasteiger partial charge is 0.473 e. The van der Waals surface area contributed by atoms with Crippen LogP contribution in [0.1, 0.15) is 23.7 Å².